The Morgan fingerprint density at radius 1 is 1.62 bits per heavy atom. The first-order valence-corrected chi connectivity index (χ1v) is 6.61. The molecular formula is C12H18N2OS. The van der Waals surface area contributed by atoms with Crippen molar-refractivity contribution < 1.29 is 4.79 Å². The molecule has 1 aromatic heterocycles. The molecule has 0 saturated heterocycles. The number of nitrogens with two attached hydrogens (primary N) is 1. The molecule has 88 valence electrons. The van der Waals surface area contributed by atoms with Gasteiger partial charge in [-0.05, 0) is 30.7 Å². The van der Waals surface area contributed by atoms with Gasteiger partial charge < -0.3 is 11.1 Å². The highest BCUT2D eigenvalue weighted by molar-refractivity contribution is 7.10. The van der Waals surface area contributed by atoms with E-state index in [1.165, 1.54) is 24.1 Å². The molecule has 2 rings (SSSR count). The van der Waals surface area contributed by atoms with Crippen molar-refractivity contribution in [2.24, 2.45) is 11.1 Å². The number of thiophene rings is 1. The Kier molecular flexibility index (Phi) is 3.30. The summed E-state index contributed by atoms with van der Waals surface area (Å²) in [6, 6.07) is 1.88. The van der Waals surface area contributed by atoms with E-state index in [0.29, 0.717) is 11.0 Å². The fraction of sp³-hybridized carbons (Fsp3) is 0.583. The van der Waals surface area contributed by atoms with Crippen LogP contribution in [0.15, 0.2) is 11.4 Å². The topological polar surface area (TPSA) is 55.1 Å². The van der Waals surface area contributed by atoms with Crippen molar-refractivity contribution in [3.8, 4) is 0 Å². The highest BCUT2D eigenvalue weighted by atomic mass is 32.1. The van der Waals surface area contributed by atoms with Gasteiger partial charge in [0.25, 0.3) is 0 Å². The van der Waals surface area contributed by atoms with Crippen molar-refractivity contribution in [1.29, 1.82) is 0 Å². The number of primary amides is 1. The fourth-order valence-corrected chi connectivity index (χ4v) is 2.73. The lowest BCUT2D eigenvalue weighted by Crippen LogP contribution is -2.22. The fourth-order valence-electron chi connectivity index (χ4n) is 1.89. The third-order valence-electron chi connectivity index (χ3n) is 3.44. The molecule has 3 nitrogen and oxygen atoms in total. The molecular weight excluding hydrogens is 220 g/mol. The molecule has 1 aliphatic rings. The highest BCUT2D eigenvalue weighted by Crippen LogP contribution is 2.47. The van der Waals surface area contributed by atoms with Crippen LogP contribution in [0.2, 0.25) is 0 Å². The van der Waals surface area contributed by atoms with E-state index in [1.807, 2.05) is 11.4 Å². The lowest BCUT2D eigenvalue weighted by atomic mass is 10.0. The summed E-state index contributed by atoms with van der Waals surface area (Å²) in [4.78, 5) is 12.1. The lowest BCUT2D eigenvalue weighted by Gasteiger charge is -2.12. The zero-order chi connectivity index (χ0) is 11.6. The van der Waals surface area contributed by atoms with Gasteiger partial charge in [-0.3, -0.25) is 4.79 Å². The zero-order valence-electron chi connectivity index (χ0n) is 9.58. The molecule has 1 aliphatic carbocycles. The first kappa shape index (κ1) is 11.6. The number of amides is 1. The van der Waals surface area contributed by atoms with Crippen molar-refractivity contribution in [3.05, 3.63) is 21.9 Å². The number of carbonyl (C=O) groups is 1. The van der Waals surface area contributed by atoms with Crippen LogP contribution in [0, 0.1) is 5.41 Å². The summed E-state index contributed by atoms with van der Waals surface area (Å²) in [5.74, 6) is -0.338. The van der Waals surface area contributed by atoms with Crippen molar-refractivity contribution in [2.75, 3.05) is 6.54 Å². The molecule has 3 N–H and O–H groups in total. The molecule has 0 unspecified atom stereocenters. The van der Waals surface area contributed by atoms with E-state index < -0.39 is 0 Å². The first-order chi connectivity index (χ1) is 7.65. The monoisotopic (exact) mass is 238 g/mol. The van der Waals surface area contributed by atoms with Gasteiger partial charge in [0, 0.05) is 23.3 Å². The quantitative estimate of drug-likeness (QED) is 0.797. The van der Waals surface area contributed by atoms with Crippen LogP contribution < -0.4 is 11.1 Å². The van der Waals surface area contributed by atoms with Gasteiger partial charge in [-0.2, -0.15) is 0 Å². The maximum Gasteiger partial charge on any atom is 0.249 e. The third-order valence-corrected chi connectivity index (χ3v) is 4.38. The summed E-state index contributed by atoms with van der Waals surface area (Å²) < 4.78 is 0. The Labute approximate surface area is 100 Å². The molecule has 1 saturated carbocycles. The summed E-state index contributed by atoms with van der Waals surface area (Å²) in [5.41, 5.74) is 6.40. The normalized spacial score (nSPS) is 17.3. The number of hydrogen-bond donors (Lipinski definition) is 2. The van der Waals surface area contributed by atoms with E-state index in [9.17, 15) is 4.79 Å². The van der Waals surface area contributed by atoms with Gasteiger partial charge in [-0.1, -0.05) is 6.92 Å². The van der Waals surface area contributed by atoms with Gasteiger partial charge in [0.1, 0.15) is 0 Å². The van der Waals surface area contributed by atoms with Crippen LogP contribution in [0.25, 0.3) is 0 Å². The standard InChI is InChI=1S/C12H18N2OS/c1-2-12(3-4-12)8-14-6-10-5-9(7-16-10)11(13)15/h5,7,14H,2-4,6,8H2,1H3,(H2,13,15). The molecule has 0 aliphatic heterocycles. The summed E-state index contributed by atoms with van der Waals surface area (Å²) in [6.45, 7) is 4.19. The van der Waals surface area contributed by atoms with Gasteiger partial charge in [0.2, 0.25) is 5.91 Å². The largest absolute Gasteiger partial charge is 0.366 e. The number of rotatable bonds is 6. The second-order valence-corrected chi connectivity index (χ2v) is 5.62. The predicted octanol–water partition coefficient (Wildman–Crippen LogP) is 2.13. The SMILES string of the molecule is CCC1(CNCc2cc(C(N)=O)cs2)CC1. The van der Waals surface area contributed by atoms with Crippen molar-refractivity contribution in [1.82, 2.24) is 5.32 Å². The van der Waals surface area contributed by atoms with Crippen LogP contribution >= 0.6 is 11.3 Å². The average molecular weight is 238 g/mol. The van der Waals surface area contributed by atoms with E-state index in [-0.39, 0.29) is 5.91 Å². The molecule has 1 amide bonds. The highest BCUT2D eigenvalue weighted by Gasteiger charge is 2.39. The molecule has 0 aromatic carbocycles. The van der Waals surface area contributed by atoms with Crippen LogP contribution in [0.5, 0.6) is 0 Å². The number of nitrogens with one attached hydrogen (secondary N) is 1. The van der Waals surface area contributed by atoms with Gasteiger partial charge in [-0.25, -0.2) is 0 Å². The Morgan fingerprint density at radius 3 is 2.88 bits per heavy atom. The molecule has 0 atom stereocenters. The van der Waals surface area contributed by atoms with E-state index in [1.54, 1.807) is 11.3 Å². The lowest BCUT2D eigenvalue weighted by molar-refractivity contribution is 0.100. The van der Waals surface area contributed by atoms with Crippen molar-refractivity contribution in [2.45, 2.75) is 32.7 Å². The Bertz CT molecular complexity index is 382. The van der Waals surface area contributed by atoms with Gasteiger partial charge in [0.05, 0.1) is 5.56 Å². The number of carbonyl (C=O) groups excluding carboxylic acids is 1. The van der Waals surface area contributed by atoms with Gasteiger partial charge in [-0.15, -0.1) is 11.3 Å². The van der Waals surface area contributed by atoms with Crippen LogP contribution in [0.4, 0.5) is 0 Å². The number of hydrogen-bond acceptors (Lipinski definition) is 3. The molecule has 0 spiro atoms. The molecule has 1 heterocycles. The molecule has 4 heteroatoms. The summed E-state index contributed by atoms with van der Waals surface area (Å²) >= 11 is 1.59. The summed E-state index contributed by atoms with van der Waals surface area (Å²) in [6.07, 6.45) is 3.97. The minimum atomic E-state index is -0.338. The average Bonchev–Trinajstić information content (AvgIpc) is 2.88. The maximum absolute atomic E-state index is 10.9. The predicted molar refractivity (Wildman–Crippen MR) is 66.5 cm³/mol. The van der Waals surface area contributed by atoms with Crippen LogP contribution in [0.1, 0.15) is 41.4 Å². The Hall–Kier alpha value is -0.870. The van der Waals surface area contributed by atoms with Crippen LogP contribution in [0.3, 0.4) is 0 Å². The molecule has 0 radical (unpaired) electrons. The molecule has 0 bridgehead atoms. The molecule has 1 aromatic rings. The van der Waals surface area contributed by atoms with Crippen molar-refractivity contribution >= 4 is 17.2 Å². The van der Waals surface area contributed by atoms with Crippen LogP contribution in [-0.4, -0.2) is 12.5 Å². The second kappa shape index (κ2) is 4.55. The summed E-state index contributed by atoms with van der Waals surface area (Å²) in [7, 11) is 0. The zero-order valence-corrected chi connectivity index (χ0v) is 10.4. The minimum Gasteiger partial charge on any atom is -0.366 e. The first-order valence-electron chi connectivity index (χ1n) is 5.73. The molecule has 16 heavy (non-hydrogen) atoms. The second-order valence-electron chi connectivity index (χ2n) is 4.62. The van der Waals surface area contributed by atoms with Gasteiger partial charge >= 0.3 is 0 Å². The Balaban J connectivity index is 1.79. The van der Waals surface area contributed by atoms with Crippen molar-refractivity contribution in [3.63, 3.8) is 0 Å². The van der Waals surface area contributed by atoms with E-state index in [0.717, 1.165) is 13.1 Å². The van der Waals surface area contributed by atoms with Crippen LogP contribution in [-0.2, 0) is 6.54 Å². The van der Waals surface area contributed by atoms with E-state index in [2.05, 4.69) is 12.2 Å². The van der Waals surface area contributed by atoms with E-state index in [4.69, 9.17) is 5.73 Å². The maximum atomic E-state index is 10.9. The van der Waals surface area contributed by atoms with E-state index >= 15 is 0 Å². The molecule has 1 fully saturated rings. The Morgan fingerprint density at radius 2 is 2.38 bits per heavy atom. The minimum absolute atomic E-state index is 0.338. The summed E-state index contributed by atoms with van der Waals surface area (Å²) in [5, 5.41) is 5.29. The third kappa shape index (κ3) is 2.62. The smallest absolute Gasteiger partial charge is 0.249 e. The van der Waals surface area contributed by atoms with Gasteiger partial charge in [0.15, 0.2) is 0 Å².